The van der Waals surface area contributed by atoms with Gasteiger partial charge in [-0.05, 0) is 63.7 Å². The molecule has 2 aliphatic rings. The predicted molar refractivity (Wildman–Crippen MR) is 113 cm³/mol. The summed E-state index contributed by atoms with van der Waals surface area (Å²) in [7, 11) is 0. The molecular formula is C22H50N2. The van der Waals surface area contributed by atoms with Gasteiger partial charge in [-0.15, -0.1) is 0 Å². The fourth-order valence-corrected chi connectivity index (χ4v) is 3.38. The molecule has 2 saturated heterocycles. The standard InChI is InChI=1S/C15H30N2.C3H8.2C2H6/c1-13(2)12-16-8-6-15(7-9-16)17-10-4-14(3)5-11-17;1-3-2;2*1-2/h13-15H,4-12H2,1-3H3;3H2,1-2H3;2*1-2H3. The number of rotatable bonds is 3. The second-order valence-corrected chi connectivity index (χ2v) is 7.35. The number of piperidine rings is 2. The van der Waals surface area contributed by atoms with Gasteiger partial charge >= 0.3 is 0 Å². The molecule has 2 heterocycles. The summed E-state index contributed by atoms with van der Waals surface area (Å²) in [5.41, 5.74) is 0. The first-order chi connectivity index (χ1) is 11.6. The van der Waals surface area contributed by atoms with Crippen LogP contribution in [0.3, 0.4) is 0 Å². The highest BCUT2D eigenvalue weighted by molar-refractivity contribution is 4.82. The molecule has 2 aliphatic heterocycles. The molecule has 0 radical (unpaired) electrons. The average Bonchev–Trinajstić information content (AvgIpc) is 2.60. The smallest absolute Gasteiger partial charge is 0.0120 e. The highest BCUT2D eigenvalue weighted by Gasteiger charge is 2.26. The molecule has 0 amide bonds. The van der Waals surface area contributed by atoms with Crippen molar-refractivity contribution in [3.63, 3.8) is 0 Å². The molecule has 2 fully saturated rings. The summed E-state index contributed by atoms with van der Waals surface area (Å²) in [5, 5.41) is 0. The largest absolute Gasteiger partial charge is 0.303 e. The molecule has 0 N–H and O–H groups in total. The minimum absolute atomic E-state index is 0.822. The van der Waals surface area contributed by atoms with Crippen LogP contribution in [0.25, 0.3) is 0 Å². The minimum atomic E-state index is 0.822. The van der Waals surface area contributed by atoms with Crippen LogP contribution in [-0.4, -0.2) is 48.6 Å². The van der Waals surface area contributed by atoms with Crippen LogP contribution >= 0.6 is 0 Å². The molecule has 24 heavy (non-hydrogen) atoms. The highest BCUT2D eigenvalue weighted by atomic mass is 15.2. The Kier molecular flexibility index (Phi) is 19.3. The maximum Gasteiger partial charge on any atom is 0.0120 e. The van der Waals surface area contributed by atoms with Crippen molar-refractivity contribution in [3.8, 4) is 0 Å². The Morgan fingerprint density at radius 3 is 1.58 bits per heavy atom. The Morgan fingerprint density at radius 1 is 0.792 bits per heavy atom. The van der Waals surface area contributed by atoms with Gasteiger partial charge in [0.05, 0.1) is 0 Å². The Morgan fingerprint density at radius 2 is 1.21 bits per heavy atom. The van der Waals surface area contributed by atoms with E-state index in [1.54, 1.807) is 0 Å². The van der Waals surface area contributed by atoms with Crippen molar-refractivity contribution in [2.45, 2.75) is 100 Å². The molecule has 0 aliphatic carbocycles. The maximum atomic E-state index is 2.77. The van der Waals surface area contributed by atoms with E-state index in [1.807, 2.05) is 27.7 Å². The topological polar surface area (TPSA) is 6.48 Å². The lowest BCUT2D eigenvalue weighted by Crippen LogP contribution is -2.48. The molecule has 0 aromatic carbocycles. The van der Waals surface area contributed by atoms with Gasteiger partial charge in [-0.3, -0.25) is 0 Å². The molecule has 0 spiro atoms. The van der Waals surface area contributed by atoms with E-state index in [0.717, 1.165) is 17.9 Å². The van der Waals surface area contributed by atoms with Crippen LogP contribution in [-0.2, 0) is 0 Å². The molecule has 0 bridgehead atoms. The lowest BCUT2D eigenvalue weighted by atomic mass is 9.94. The van der Waals surface area contributed by atoms with Gasteiger partial charge in [-0.1, -0.05) is 68.7 Å². The summed E-state index contributed by atoms with van der Waals surface area (Å²) in [6.45, 7) is 26.0. The highest BCUT2D eigenvalue weighted by Crippen LogP contribution is 2.23. The van der Waals surface area contributed by atoms with Gasteiger partial charge in [-0.25, -0.2) is 0 Å². The summed E-state index contributed by atoms with van der Waals surface area (Å²) >= 11 is 0. The fraction of sp³-hybridized carbons (Fsp3) is 1.00. The molecule has 0 aromatic rings. The molecule has 2 nitrogen and oxygen atoms in total. The van der Waals surface area contributed by atoms with Crippen molar-refractivity contribution in [1.82, 2.24) is 9.80 Å². The molecule has 148 valence electrons. The summed E-state index contributed by atoms with van der Waals surface area (Å²) in [6, 6.07) is 0.894. The van der Waals surface area contributed by atoms with Crippen molar-refractivity contribution in [3.05, 3.63) is 0 Å². The first kappa shape index (κ1) is 26.2. The summed E-state index contributed by atoms with van der Waals surface area (Å²) in [4.78, 5) is 5.43. The third-order valence-electron chi connectivity index (χ3n) is 4.52. The molecule has 0 saturated carbocycles. The molecule has 0 unspecified atom stereocenters. The van der Waals surface area contributed by atoms with E-state index in [1.165, 1.54) is 64.8 Å². The molecule has 0 aromatic heterocycles. The van der Waals surface area contributed by atoms with Gasteiger partial charge < -0.3 is 9.80 Å². The zero-order valence-corrected chi connectivity index (χ0v) is 18.7. The lowest BCUT2D eigenvalue weighted by Gasteiger charge is -2.41. The minimum Gasteiger partial charge on any atom is -0.303 e. The van der Waals surface area contributed by atoms with E-state index in [9.17, 15) is 0 Å². The van der Waals surface area contributed by atoms with Gasteiger partial charge in [0.15, 0.2) is 0 Å². The van der Waals surface area contributed by atoms with Crippen LogP contribution in [0.5, 0.6) is 0 Å². The van der Waals surface area contributed by atoms with E-state index in [2.05, 4.69) is 44.4 Å². The quantitative estimate of drug-likeness (QED) is 0.593. The summed E-state index contributed by atoms with van der Waals surface area (Å²) < 4.78 is 0. The van der Waals surface area contributed by atoms with Crippen LogP contribution in [0, 0.1) is 11.8 Å². The number of likely N-dealkylation sites (tertiary alicyclic amines) is 2. The monoisotopic (exact) mass is 342 g/mol. The van der Waals surface area contributed by atoms with E-state index in [4.69, 9.17) is 0 Å². The van der Waals surface area contributed by atoms with Crippen LogP contribution in [0.1, 0.15) is 94.4 Å². The van der Waals surface area contributed by atoms with Crippen molar-refractivity contribution in [2.24, 2.45) is 11.8 Å². The Bertz CT molecular complexity index is 224. The molecule has 2 rings (SSSR count). The third kappa shape index (κ3) is 12.3. The zero-order valence-electron chi connectivity index (χ0n) is 18.7. The number of nitrogens with zero attached hydrogens (tertiary/aromatic N) is 2. The van der Waals surface area contributed by atoms with Crippen molar-refractivity contribution in [1.29, 1.82) is 0 Å². The average molecular weight is 343 g/mol. The Labute approximate surface area is 155 Å². The Hall–Kier alpha value is -0.0800. The van der Waals surface area contributed by atoms with Gasteiger partial charge in [0.25, 0.3) is 0 Å². The predicted octanol–water partition coefficient (Wildman–Crippen LogP) is 6.31. The fourth-order valence-electron chi connectivity index (χ4n) is 3.38. The second-order valence-electron chi connectivity index (χ2n) is 7.35. The molecule has 0 atom stereocenters. The zero-order chi connectivity index (χ0) is 19.0. The summed E-state index contributed by atoms with van der Waals surface area (Å²) in [6.07, 6.45) is 6.90. The van der Waals surface area contributed by atoms with Gasteiger partial charge in [0.2, 0.25) is 0 Å². The first-order valence-electron chi connectivity index (χ1n) is 11.0. The van der Waals surface area contributed by atoms with Crippen molar-refractivity contribution >= 4 is 0 Å². The SMILES string of the molecule is CC.CC.CC(C)CN1CCC(N2CCC(C)CC2)CC1.CCC. The van der Waals surface area contributed by atoms with Gasteiger partial charge in [-0.2, -0.15) is 0 Å². The Balaban J connectivity index is 0. The van der Waals surface area contributed by atoms with E-state index in [-0.39, 0.29) is 0 Å². The first-order valence-corrected chi connectivity index (χ1v) is 11.0. The third-order valence-corrected chi connectivity index (χ3v) is 4.52. The molecule has 2 heteroatoms. The second kappa shape index (κ2) is 17.7. The normalized spacial score (nSPS) is 20.2. The van der Waals surface area contributed by atoms with Crippen LogP contribution in [0.2, 0.25) is 0 Å². The maximum absolute atomic E-state index is 2.77. The van der Waals surface area contributed by atoms with Crippen LogP contribution in [0.4, 0.5) is 0 Å². The molecular weight excluding hydrogens is 292 g/mol. The van der Waals surface area contributed by atoms with E-state index < -0.39 is 0 Å². The van der Waals surface area contributed by atoms with Gasteiger partial charge in [0.1, 0.15) is 0 Å². The van der Waals surface area contributed by atoms with E-state index >= 15 is 0 Å². The summed E-state index contributed by atoms with van der Waals surface area (Å²) in [5.74, 6) is 1.79. The van der Waals surface area contributed by atoms with Crippen LogP contribution < -0.4 is 0 Å². The number of hydrogen-bond donors (Lipinski definition) is 0. The van der Waals surface area contributed by atoms with Crippen LogP contribution in [0.15, 0.2) is 0 Å². The lowest BCUT2D eigenvalue weighted by molar-refractivity contribution is 0.0764. The number of hydrogen-bond acceptors (Lipinski definition) is 2. The van der Waals surface area contributed by atoms with E-state index in [0.29, 0.717) is 0 Å². The van der Waals surface area contributed by atoms with Crippen molar-refractivity contribution in [2.75, 3.05) is 32.7 Å². The van der Waals surface area contributed by atoms with Gasteiger partial charge in [0, 0.05) is 12.6 Å². The van der Waals surface area contributed by atoms with Crippen molar-refractivity contribution < 1.29 is 0 Å².